The van der Waals surface area contributed by atoms with Crippen molar-refractivity contribution in [1.29, 1.82) is 0 Å². The molecule has 0 heterocycles. The molecule has 82 valence electrons. The Morgan fingerprint density at radius 1 is 0.625 bits per heavy atom. The van der Waals surface area contributed by atoms with E-state index in [9.17, 15) is 0 Å². The molecule has 16 heavy (non-hydrogen) atoms. The van der Waals surface area contributed by atoms with Crippen molar-refractivity contribution >= 4 is 12.2 Å². The highest BCUT2D eigenvalue weighted by atomic mass is 16.2. The monoisotopic (exact) mass is 212 g/mol. The zero-order chi connectivity index (χ0) is 11.6. The molecule has 0 radical (unpaired) electrons. The number of rotatable bonds is 2. The Kier molecular flexibility index (Phi) is 5.67. The minimum Gasteiger partial charge on any atom is -0.400 e. The molecule has 0 amide bonds. The predicted octanol–water partition coefficient (Wildman–Crippen LogP) is 3.47. The molecular weight excluding hydrogens is 196 g/mol. The number of hydrogen-bond donors (Lipinski definition) is 1. The molecule has 0 aliphatic carbocycles. The predicted molar refractivity (Wildman–Crippen MR) is 70.0 cm³/mol. The van der Waals surface area contributed by atoms with Gasteiger partial charge in [-0.3, -0.25) is 0 Å². The minimum absolute atomic E-state index is 1.00. The molecule has 0 saturated heterocycles. The zero-order valence-electron chi connectivity index (χ0n) is 9.38. The van der Waals surface area contributed by atoms with Crippen LogP contribution in [0.3, 0.4) is 0 Å². The third-order valence-electron chi connectivity index (χ3n) is 2.07. The normalized spacial score (nSPS) is 9.62. The van der Waals surface area contributed by atoms with E-state index in [-0.39, 0.29) is 0 Å². The van der Waals surface area contributed by atoms with E-state index in [4.69, 9.17) is 5.11 Å². The first-order chi connectivity index (χ1) is 7.95. The topological polar surface area (TPSA) is 20.2 Å². The van der Waals surface area contributed by atoms with Crippen LogP contribution in [-0.2, 0) is 0 Å². The van der Waals surface area contributed by atoms with Gasteiger partial charge in [0, 0.05) is 7.11 Å². The Hall–Kier alpha value is -1.86. The van der Waals surface area contributed by atoms with E-state index in [0.717, 1.165) is 7.11 Å². The number of benzene rings is 2. The second-order valence-electron chi connectivity index (χ2n) is 3.15. The molecule has 0 bridgehead atoms. The lowest BCUT2D eigenvalue weighted by Crippen LogP contribution is -1.70. The molecular formula is C15H16O. The molecule has 0 aliphatic heterocycles. The quantitative estimate of drug-likeness (QED) is 0.756. The summed E-state index contributed by atoms with van der Waals surface area (Å²) in [7, 11) is 1.00. The standard InChI is InChI=1S/C14H12.CH4O/c1-3-7-13(8-4-1)11-12-14-9-5-2-6-10-14;1-2/h1-12H;2H,1H3. The molecule has 0 atom stereocenters. The van der Waals surface area contributed by atoms with Gasteiger partial charge in [0.05, 0.1) is 0 Å². The Morgan fingerprint density at radius 2 is 0.938 bits per heavy atom. The highest BCUT2D eigenvalue weighted by Crippen LogP contribution is 2.06. The summed E-state index contributed by atoms with van der Waals surface area (Å²) in [5, 5.41) is 7.00. The Balaban J connectivity index is 0.000000606. The highest BCUT2D eigenvalue weighted by molar-refractivity contribution is 5.69. The van der Waals surface area contributed by atoms with Gasteiger partial charge in [-0.1, -0.05) is 72.8 Å². The van der Waals surface area contributed by atoms with Crippen LogP contribution in [0.25, 0.3) is 12.2 Å². The molecule has 1 N–H and O–H groups in total. The van der Waals surface area contributed by atoms with Crippen molar-refractivity contribution in [3.05, 3.63) is 71.8 Å². The summed E-state index contributed by atoms with van der Waals surface area (Å²) in [6.45, 7) is 0. The summed E-state index contributed by atoms with van der Waals surface area (Å²) in [5.74, 6) is 0. The molecule has 1 heteroatoms. The molecule has 1 nitrogen and oxygen atoms in total. The molecule has 2 aromatic carbocycles. The lowest BCUT2D eigenvalue weighted by atomic mass is 10.1. The van der Waals surface area contributed by atoms with Gasteiger partial charge >= 0.3 is 0 Å². The summed E-state index contributed by atoms with van der Waals surface area (Å²) in [5.41, 5.74) is 2.47. The average molecular weight is 212 g/mol. The maximum Gasteiger partial charge on any atom is 0.0319 e. The van der Waals surface area contributed by atoms with E-state index < -0.39 is 0 Å². The van der Waals surface area contributed by atoms with Crippen molar-refractivity contribution in [3.63, 3.8) is 0 Å². The fourth-order valence-corrected chi connectivity index (χ4v) is 1.32. The third-order valence-corrected chi connectivity index (χ3v) is 2.07. The van der Waals surface area contributed by atoms with Crippen LogP contribution in [0.1, 0.15) is 11.1 Å². The maximum atomic E-state index is 7.00. The lowest BCUT2D eigenvalue weighted by Gasteiger charge is -1.92. The van der Waals surface area contributed by atoms with Crippen molar-refractivity contribution in [3.8, 4) is 0 Å². The van der Waals surface area contributed by atoms with Crippen LogP contribution in [0.5, 0.6) is 0 Å². The van der Waals surface area contributed by atoms with E-state index in [1.807, 2.05) is 36.4 Å². The van der Waals surface area contributed by atoms with E-state index >= 15 is 0 Å². The van der Waals surface area contributed by atoms with E-state index in [1.54, 1.807) is 0 Å². The molecule has 2 aromatic rings. The average Bonchev–Trinajstić information content (AvgIpc) is 2.41. The second-order valence-corrected chi connectivity index (χ2v) is 3.15. The van der Waals surface area contributed by atoms with Crippen molar-refractivity contribution < 1.29 is 5.11 Å². The summed E-state index contributed by atoms with van der Waals surface area (Å²) in [6, 6.07) is 20.6. The fraction of sp³-hybridized carbons (Fsp3) is 0.0667. The molecule has 0 spiro atoms. The van der Waals surface area contributed by atoms with Crippen LogP contribution >= 0.6 is 0 Å². The summed E-state index contributed by atoms with van der Waals surface area (Å²) < 4.78 is 0. The molecule has 0 fully saturated rings. The van der Waals surface area contributed by atoms with Crippen molar-refractivity contribution in [2.45, 2.75) is 0 Å². The van der Waals surface area contributed by atoms with Crippen LogP contribution in [0.4, 0.5) is 0 Å². The van der Waals surface area contributed by atoms with E-state index in [1.165, 1.54) is 11.1 Å². The number of hydrogen-bond acceptors (Lipinski definition) is 1. The van der Waals surface area contributed by atoms with E-state index in [2.05, 4.69) is 36.4 Å². The number of aliphatic hydroxyl groups is 1. The van der Waals surface area contributed by atoms with Gasteiger partial charge in [0.1, 0.15) is 0 Å². The van der Waals surface area contributed by atoms with Crippen molar-refractivity contribution in [2.75, 3.05) is 7.11 Å². The molecule has 0 saturated carbocycles. The SMILES string of the molecule is C(=Cc1ccccc1)c1ccccc1.CO. The lowest BCUT2D eigenvalue weighted by molar-refractivity contribution is 0.399. The molecule has 0 unspecified atom stereocenters. The van der Waals surface area contributed by atoms with Crippen LogP contribution in [0.15, 0.2) is 60.7 Å². The first kappa shape index (κ1) is 12.2. The van der Waals surface area contributed by atoms with Gasteiger partial charge < -0.3 is 5.11 Å². The van der Waals surface area contributed by atoms with Gasteiger partial charge in [-0.2, -0.15) is 0 Å². The summed E-state index contributed by atoms with van der Waals surface area (Å²) >= 11 is 0. The van der Waals surface area contributed by atoms with Crippen molar-refractivity contribution in [1.82, 2.24) is 0 Å². The van der Waals surface area contributed by atoms with Gasteiger partial charge in [-0.05, 0) is 11.1 Å². The van der Waals surface area contributed by atoms with E-state index in [0.29, 0.717) is 0 Å². The van der Waals surface area contributed by atoms with Crippen LogP contribution in [0, 0.1) is 0 Å². The Labute approximate surface area is 96.7 Å². The van der Waals surface area contributed by atoms with Crippen LogP contribution in [-0.4, -0.2) is 12.2 Å². The van der Waals surface area contributed by atoms with Gasteiger partial charge in [0.2, 0.25) is 0 Å². The largest absolute Gasteiger partial charge is 0.400 e. The van der Waals surface area contributed by atoms with Crippen LogP contribution in [0.2, 0.25) is 0 Å². The smallest absolute Gasteiger partial charge is 0.0319 e. The third kappa shape index (κ3) is 4.11. The van der Waals surface area contributed by atoms with Gasteiger partial charge in [-0.25, -0.2) is 0 Å². The molecule has 0 aromatic heterocycles. The number of aliphatic hydroxyl groups excluding tert-OH is 1. The van der Waals surface area contributed by atoms with Gasteiger partial charge in [0.15, 0.2) is 0 Å². The second kappa shape index (κ2) is 7.43. The Morgan fingerprint density at radius 3 is 1.25 bits per heavy atom. The van der Waals surface area contributed by atoms with Gasteiger partial charge in [-0.15, -0.1) is 0 Å². The summed E-state index contributed by atoms with van der Waals surface area (Å²) in [4.78, 5) is 0. The van der Waals surface area contributed by atoms with Gasteiger partial charge in [0.25, 0.3) is 0 Å². The maximum absolute atomic E-state index is 7.00. The van der Waals surface area contributed by atoms with Crippen molar-refractivity contribution in [2.24, 2.45) is 0 Å². The molecule has 0 aliphatic rings. The summed E-state index contributed by atoms with van der Waals surface area (Å²) in [6.07, 6.45) is 4.24. The fourth-order valence-electron chi connectivity index (χ4n) is 1.32. The Bertz CT molecular complexity index is 362. The minimum atomic E-state index is 1.00. The van der Waals surface area contributed by atoms with Crippen LogP contribution < -0.4 is 0 Å². The first-order valence-electron chi connectivity index (χ1n) is 5.18. The molecule has 2 rings (SSSR count). The highest BCUT2D eigenvalue weighted by Gasteiger charge is 1.84. The first-order valence-corrected chi connectivity index (χ1v) is 5.18. The zero-order valence-corrected chi connectivity index (χ0v) is 9.38.